The molecule has 0 bridgehead atoms. The minimum atomic E-state index is -0.797. The van der Waals surface area contributed by atoms with Crippen LogP contribution in [0, 0.1) is 5.82 Å². The van der Waals surface area contributed by atoms with E-state index in [4.69, 9.17) is 23.2 Å². The molecule has 0 radical (unpaired) electrons. The maximum Gasteiger partial charge on any atom is 0.197 e. The molecular weight excluding hydrogens is 326 g/mol. The van der Waals surface area contributed by atoms with Crippen LogP contribution < -0.4 is 0 Å². The Hall–Kier alpha value is -0.230. The zero-order chi connectivity index (χ0) is 11.0. The molecule has 0 aromatic carbocycles. The van der Waals surface area contributed by atoms with E-state index in [1.54, 1.807) is 0 Å². The Morgan fingerprint density at radius 2 is 1.87 bits per heavy atom. The molecule has 2 aromatic rings. The maximum atomic E-state index is 13.1. The van der Waals surface area contributed by atoms with Crippen LogP contribution in [0.15, 0.2) is 15.9 Å². The van der Waals surface area contributed by atoms with Gasteiger partial charge in [0.2, 0.25) is 0 Å². The first-order valence-electron chi connectivity index (χ1n) is 3.71. The predicted octanol–water partition coefficient (Wildman–Crippen LogP) is 4.41. The second kappa shape index (κ2) is 4.33. The van der Waals surface area contributed by atoms with E-state index in [0.717, 1.165) is 9.35 Å². The number of hydrogen-bond acceptors (Lipinski definition) is 3. The molecule has 2 rings (SSSR count). The molecule has 0 N–H and O–H groups in total. The van der Waals surface area contributed by atoms with Crippen molar-refractivity contribution in [3.05, 3.63) is 32.0 Å². The van der Waals surface area contributed by atoms with E-state index >= 15 is 0 Å². The summed E-state index contributed by atoms with van der Waals surface area (Å²) < 4.78 is 13.9. The normalized spacial score (nSPS) is 10.7. The third-order valence-corrected chi connectivity index (χ3v) is 3.93. The van der Waals surface area contributed by atoms with E-state index in [-0.39, 0.29) is 10.3 Å². The third kappa shape index (κ3) is 2.15. The Morgan fingerprint density at radius 3 is 2.33 bits per heavy atom. The lowest BCUT2D eigenvalue weighted by Gasteiger charge is -2.00. The van der Waals surface area contributed by atoms with Crippen molar-refractivity contribution < 1.29 is 4.39 Å². The molecule has 0 spiro atoms. The molecule has 0 aliphatic rings. The van der Waals surface area contributed by atoms with Crippen molar-refractivity contribution in [1.29, 1.82) is 0 Å². The van der Waals surface area contributed by atoms with Crippen LogP contribution in [0.4, 0.5) is 4.39 Å². The zero-order valence-electron chi connectivity index (χ0n) is 6.97. The standard InChI is InChI=1S/C8H2BrCl2FN2S/c9-3-1-2-15-5(3)8-13-6(10)4(12)7(11)14-8/h1-2H. The predicted molar refractivity (Wildman–Crippen MR) is 63.0 cm³/mol. The van der Waals surface area contributed by atoms with Crippen LogP contribution in [0.25, 0.3) is 10.7 Å². The lowest BCUT2D eigenvalue weighted by atomic mass is 10.4. The SMILES string of the molecule is Fc1c(Cl)nc(-c2sccc2Br)nc1Cl. The van der Waals surface area contributed by atoms with Gasteiger partial charge in [-0.15, -0.1) is 11.3 Å². The molecule has 0 atom stereocenters. The smallest absolute Gasteiger partial charge is 0.197 e. The molecule has 0 aliphatic carbocycles. The molecule has 78 valence electrons. The van der Waals surface area contributed by atoms with Crippen LogP contribution in [-0.4, -0.2) is 9.97 Å². The Balaban J connectivity index is 2.60. The fourth-order valence-corrected chi connectivity index (χ4v) is 2.82. The van der Waals surface area contributed by atoms with Gasteiger partial charge in [-0.25, -0.2) is 14.4 Å². The van der Waals surface area contributed by atoms with E-state index in [1.165, 1.54) is 11.3 Å². The molecule has 0 fully saturated rings. The topological polar surface area (TPSA) is 25.8 Å². The Bertz CT molecular complexity index is 494. The summed E-state index contributed by atoms with van der Waals surface area (Å²) in [7, 11) is 0. The fourth-order valence-electron chi connectivity index (χ4n) is 0.949. The first-order chi connectivity index (χ1) is 7.09. The molecule has 2 nitrogen and oxygen atoms in total. The molecular formula is C8H2BrCl2FN2S. The van der Waals surface area contributed by atoms with E-state index in [2.05, 4.69) is 25.9 Å². The van der Waals surface area contributed by atoms with Crippen LogP contribution in [-0.2, 0) is 0 Å². The number of rotatable bonds is 1. The fraction of sp³-hybridized carbons (Fsp3) is 0. The van der Waals surface area contributed by atoms with Crippen LogP contribution >= 0.6 is 50.5 Å². The highest BCUT2D eigenvalue weighted by Crippen LogP contribution is 2.33. The first kappa shape index (κ1) is 11.3. The molecule has 0 saturated heterocycles. The second-order valence-electron chi connectivity index (χ2n) is 2.54. The molecule has 0 amide bonds. The summed E-state index contributed by atoms with van der Waals surface area (Å²) in [6, 6.07) is 1.84. The molecule has 15 heavy (non-hydrogen) atoms. The van der Waals surface area contributed by atoms with Gasteiger partial charge in [0.05, 0.1) is 4.88 Å². The van der Waals surface area contributed by atoms with Crippen molar-refractivity contribution in [2.45, 2.75) is 0 Å². The van der Waals surface area contributed by atoms with Crippen LogP contribution in [0.5, 0.6) is 0 Å². The minimum absolute atomic E-state index is 0.273. The monoisotopic (exact) mass is 326 g/mol. The highest BCUT2D eigenvalue weighted by molar-refractivity contribution is 9.10. The lowest BCUT2D eigenvalue weighted by Crippen LogP contribution is -1.93. The maximum absolute atomic E-state index is 13.1. The summed E-state index contributed by atoms with van der Waals surface area (Å²) in [6.07, 6.45) is 0. The number of aromatic nitrogens is 2. The average Bonchev–Trinajstić information content (AvgIpc) is 2.60. The van der Waals surface area contributed by atoms with Gasteiger partial charge >= 0.3 is 0 Å². The van der Waals surface area contributed by atoms with E-state index in [1.807, 2.05) is 11.4 Å². The van der Waals surface area contributed by atoms with E-state index in [9.17, 15) is 4.39 Å². The van der Waals surface area contributed by atoms with E-state index in [0.29, 0.717) is 5.82 Å². The number of nitrogens with zero attached hydrogens (tertiary/aromatic N) is 2. The lowest BCUT2D eigenvalue weighted by molar-refractivity contribution is 0.615. The van der Waals surface area contributed by atoms with Gasteiger partial charge in [-0.3, -0.25) is 0 Å². The van der Waals surface area contributed by atoms with Gasteiger partial charge in [-0.05, 0) is 27.4 Å². The molecule has 0 unspecified atom stereocenters. The summed E-state index contributed by atoms with van der Waals surface area (Å²) in [5, 5.41) is 1.31. The first-order valence-corrected chi connectivity index (χ1v) is 6.14. The van der Waals surface area contributed by atoms with Gasteiger partial charge < -0.3 is 0 Å². The molecule has 0 saturated carbocycles. The van der Waals surface area contributed by atoms with Crippen molar-refractivity contribution in [2.75, 3.05) is 0 Å². The summed E-state index contributed by atoms with van der Waals surface area (Å²) in [6.45, 7) is 0. The molecule has 0 aliphatic heterocycles. The molecule has 2 aromatic heterocycles. The number of hydrogen-bond donors (Lipinski definition) is 0. The zero-order valence-corrected chi connectivity index (χ0v) is 10.9. The van der Waals surface area contributed by atoms with Gasteiger partial charge in [0, 0.05) is 4.47 Å². The Morgan fingerprint density at radius 1 is 1.27 bits per heavy atom. The van der Waals surface area contributed by atoms with E-state index < -0.39 is 5.82 Å². The third-order valence-electron chi connectivity index (χ3n) is 1.59. The van der Waals surface area contributed by atoms with Crippen molar-refractivity contribution in [3.63, 3.8) is 0 Å². The molecule has 2 heterocycles. The van der Waals surface area contributed by atoms with Crippen molar-refractivity contribution >= 4 is 50.5 Å². The van der Waals surface area contributed by atoms with Crippen molar-refractivity contribution in [1.82, 2.24) is 9.97 Å². The number of thiophene rings is 1. The van der Waals surface area contributed by atoms with Crippen LogP contribution in [0.3, 0.4) is 0 Å². The minimum Gasteiger partial charge on any atom is -0.212 e. The van der Waals surface area contributed by atoms with Crippen LogP contribution in [0.2, 0.25) is 10.3 Å². The number of halogens is 4. The van der Waals surface area contributed by atoms with Gasteiger partial charge in [-0.1, -0.05) is 23.2 Å². The Kier molecular flexibility index (Phi) is 3.25. The molecule has 7 heteroatoms. The largest absolute Gasteiger partial charge is 0.212 e. The second-order valence-corrected chi connectivity index (χ2v) is 5.03. The van der Waals surface area contributed by atoms with Gasteiger partial charge in [-0.2, -0.15) is 0 Å². The average molecular weight is 328 g/mol. The van der Waals surface area contributed by atoms with Crippen molar-refractivity contribution in [3.8, 4) is 10.7 Å². The van der Waals surface area contributed by atoms with Crippen LogP contribution in [0.1, 0.15) is 0 Å². The highest BCUT2D eigenvalue weighted by Gasteiger charge is 2.14. The van der Waals surface area contributed by atoms with Gasteiger partial charge in [0.1, 0.15) is 0 Å². The summed E-state index contributed by atoms with van der Waals surface area (Å²) >= 11 is 15.9. The van der Waals surface area contributed by atoms with Gasteiger partial charge in [0.25, 0.3) is 0 Å². The Labute approximate surface area is 107 Å². The highest BCUT2D eigenvalue weighted by atomic mass is 79.9. The van der Waals surface area contributed by atoms with Crippen molar-refractivity contribution in [2.24, 2.45) is 0 Å². The quantitative estimate of drug-likeness (QED) is 0.725. The van der Waals surface area contributed by atoms with Gasteiger partial charge in [0.15, 0.2) is 21.9 Å². The summed E-state index contributed by atoms with van der Waals surface area (Å²) in [5.41, 5.74) is 0. The summed E-state index contributed by atoms with van der Waals surface area (Å²) in [4.78, 5) is 8.39. The summed E-state index contributed by atoms with van der Waals surface area (Å²) in [5.74, 6) is -0.483.